The third kappa shape index (κ3) is 3.48. The van der Waals surface area contributed by atoms with Crippen LogP contribution in [0.15, 0.2) is 18.2 Å². The van der Waals surface area contributed by atoms with Crippen molar-refractivity contribution in [3.63, 3.8) is 0 Å². The average molecular weight is 250 g/mol. The van der Waals surface area contributed by atoms with Gasteiger partial charge in [-0.3, -0.25) is 4.79 Å². The van der Waals surface area contributed by atoms with Gasteiger partial charge in [-0.25, -0.2) is 4.79 Å². The summed E-state index contributed by atoms with van der Waals surface area (Å²) in [6, 6.07) is 5.22. The molecule has 2 amide bonds. The van der Waals surface area contributed by atoms with Gasteiger partial charge in [0.2, 0.25) is 0 Å². The van der Waals surface area contributed by atoms with Crippen molar-refractivity contribution >= 4 is 17.7 Å². The fraction of sp³-hybridized carbons (Fsp3) is 0.385. The minimum absolute atomic E-state index is 0.298. The molecule has 2 N–H and O–H groups in total. The quantitative estimate of drug-likeness (QED) is 0.861. The Morgan fingerprint density at radius 2 is 2.00 bits per heavy atom. The summed E-state index contributed by atoms with van der Waals surface area (Å²) < 4.78 is 0. The van der Waals surface area contributed by atoms with Crippen LogP contribution in [0.3, 0.4) is 0 Å². The Morgan fingerprint density at radius 3 is 2.56 bits per heavy atom. The maximum atomic E-state index is 11.9. The minimum Gasteiger partial charge on any atom is -0.480 e. The maximum Gasteiger partial charge on any atom is 0.323 e. The molecule has 0 spiro atoms. The lowest BCUT2D eigenvalue weighted by Crippen LogP contribution is -2.38. The van der Waals surface area contributed by atoms with Crippen molar-refractivity contribution in [3.05, 3.63) is 29.3 Å². The first-order chi connectivity index (χ1) is 8.45. The summed E-state index contributed by atoms with van der Waals surface area (Å²) in [6.45, 7) is 5.67. The number of carboxylic acid groups (broad SMARTS) is 1. The first-order valence-corrected chi connectivity index (χ1v) is 5.79. The van der Waals surface area contributed by atoms with Gasteiger partial charge in [-0.1, -0.05) is 12.1 Å². The van der Waals surface area contributed by atoms with Crippen molar-refractivity contribution < 1.29 is 14.7 Å². The molecule has 0 radical (unpaired) electrons. The summed E-state index contributed by atoms with van der Waals surface area (Å²) in [5, 5.41) is 11.4. The molecule has 0 bridgehead atoms. The summed E-state index contributed by atoms with van der Waals surface area (Å²) in [5.41, 5.74) is 2.77. The Labute approximate surface area is 106 Å². The number of rotatable bonds is 4. The van der Waals surface area contributed by atoms with Crippen molar-refractivity contribution in [2.45, 2.75) is 20.8 Å². The fourth-order valence-electron chi connectivity index (χ4n) is 1.57. The molecule has 0 aliphatic rings. The molecule has 5 heteroatoms. The van der Waals surface area contributed by atoms with Gasteiger partial charge in [-0.15, -0.1) is 0 Å². The number of likely N-dealkylation sites (N-methyl/N-ethyl adjacent to an activating group) is 1. The molecule has 1 rings (SSSR count). The van der Waals surface area contributed by atoms with E-state index in [1.165, 1.54) is 4.90 Å². The number of aryl methyl sites for hydroxylation is 1. The van der Waals surface area contributed by atoms with Crippen LogP contribution in [0.1, 0.15) is 18.1 Å². The topological polar surface area (TPSA) is 69.6 Å². The molecule has 0 aromatic heterocycles. The van der Waals surface area contributed by atoms with Crippen LogP contribution in [0, 0.1) is 13.8 Å². The predicted octanol–water partition coefficient (Wildman–Crippen LogP) is 2.24. The monoisotopic (exact) mass is 250 g/mol. The Morgan fingerprint density at radius 1 is 1.33 bits per heavy atom. The second-order valence-electron chi connectivity index (χ2n) is 4.09. The Balaban J connectivity index is 2.80. The van der Waals surface area contributed by atoms with Gasteiger partial charge in [0.1, 0.15) is 6.54 Å². The summed E-state index contributed by atoms with van der Waals surface area (Å²) in [6.07, 6.45) is 0. The highest BCUT2D eigenvalue weighted by Gasteiger charge is 2.15. The van der Waals surface area contributed by atoms with E-state index < -0.39 is 12.0 Å². The summed E-state index contributed by atoms with van der Waals surface area (Å²) >= 11 is 0. The standard InChI is InChI=1S/C13H18N2O3/c1-4-15(8-12(16)17)13(18)14-11-7-5-6-9(2)10(11)3/h5-7H,4,8H2,1-3H3,(H,14,18)(H,16,17). The third-order valence-corrected chi connectivity index (χ3v) is 2.84. The van der Waals surface area contributed by atoms with E-state index in [1.54, 1.807) is 13.0 Å². The largest absolute Gasteiger partial charge is 0.480 e. The summed E-state index contributed by atoms with van der Waals surface area (Å²) in [4.78, 5) is 23.8. The maximum absolute atomic E-state index is 11.9. The minimum atomic E-state index is -1.02. The van der Waals surface area contributed by atoms with Crippen molar-refractivity contribution in [2.24, 2.45) is 0 Å². The van der Waals surface area contributed by atoms with Crippen LogP contribution >= 0.6 is 0 Å². The second kappa shape index (κ2) is 6.05. The smallest absolute Gasteiger partial charge is 0.323 e. The van der Waals surface area contributed by atoms with E-state index in [0.717, 1.165) is 11.1 Å². The normalized spacial score (nSPS) is 9.94. The van der Waals surface area contributed by atoms with Crippen LogP contribution in [0.5, 0.6) is 0 Å². The molecule has 0 saturated heterocycles. The highest BCUT2D eigenvalue weighted by molar-refractivity contribution is 5.92. The summed E-state index contributed by atoms with van der Waals surface area (Å²) in [5.74, 6) is -1.02. The Bertz CT molecular complexity index is 458. The number of carbonyl (C=O) groups excluding carboxylic acids is 1. The molecule has 0 unspecified atom stereocenters. The van der Waals surface area contributed by atoms with E-state index >= 15 is 0 Å². The molecular weight excluding hydrogens is 232 g/mol. The molecule has 0 fully saturated rings. The second-order valence-corrected chi connectivity index (χ2v) is 4.09. The van der Waals surface area contributed by atoms with E-state index in [0.29, 0.717) is 12.2 Å². The van der Waals surface area contributed by atoms with Crippen molar-refractivity contribution in [1.82, 2.24) is 4.90 Å². The lowest BCUT2D eigenvalue weighted by molar-refractivity contribution is -0.137. The predicted molar refractivity (Wildman–Crippen MR) is 69.8 cm³/mol. The lowest BCUT2D eigenvalue weighted by atomic mass is 10.1. The molecule has 0 aliphatic carbocycles. The van der Waals surface area contributed by atoms with Crippen LogP contribution in [0.2, 0.25) is 0 Å². The van der Waals surface area contributed by atoms with E-state index in [1.807, 2.05) is 26.0 Å². The zero-order valence-corrected chi connectivity index (χ0v) is 10.9. The van der Waals surface area contributed by atoms with Gasteiger partial charge < -0.3 is 15.3 Å². The highest BCUT2D eigenvalue weighted by Crippen LogP contribution is 2.18. The van der Waals surface area contributed by atoms with Crippen LogP contribution in [-0.2, 0) is 4.79 Å². The van der Waals surface area contributed by atoms with E-state index in [2.05, 4.69) is 5.32 Å². The first-order valence-electron chi connectivity index (χ1n) is 5.79. The number of hydrogen-bond donors (Lipinski definition) is 2. The molecule has 0 heterocycles. The van der Waals surface area contributed by atoms with Gasteiger partial charge in [-0.05, 0) is 38.0 Å². The molecule has 1 aromatic rings. The third-order valence-electron chi connectivity index (χ3n) is 2.84. The van der Waals surface area contributed by atoms with Crippen molar-refractivity contribution in [2.75, 3.05) is 18.4 Å². The van der Waals surface area contributed by atoms with Crippen LogP contribution in [0.25, 0.3) is 0 Å². The highest BCUT2D eigenvalue weighted by atomic mass is 16.4. The number of anilines is 1. The van der Waals surface area contributed by atoms with Gasteiger partial charge in [-0.2, -0.15) is 0 Å². The molecule has 0 saturated carbocycles. The van der Waals surface area contributed by atoms with E-state index in [4.69, 9.17) is 5.11 Å². The van der Waals surface area contributed by atoms with Gasteiger partial charge in [0, 0.05) is 12.2 Å². The Hall–Kier alpha value is -2.04. The fourth-order valence-corrected chi connectivity index (χ4v) is 1.57. The number of carbonyl (C=O) groups is 2. The van der Waals surface area contributed by atoms with Crippen LogP contribution in [0.4, 0.5) is 10.5 Å². The number of nitrogens with zero attached hydrogens (tertiary/aromatic N) is 1. The number of carboxylic acids is 1. The number of hydrogen-bond acceptors (Lipinski definition) is 2. The van der Waals surface area contributed by atoms with Crippen LogP contribution in [-0.4, -0.2) is 35.1 Å². The molecule has 1 aromatic carbocycles. The first kappa shape index (κ1) is 14.0. The molecule has 0 atom stereocenters. The number of amides is 2. The molecule has 5 nitrogen and oxygen atoms in total. The molecule has 18 heavy (non-hydrogen) atoms. The number of benzene rings is 1. The van der Waals surface area contributed by atoms with Crippen molar-refractivity contribution in [3.8, 4) is 0 Å². The average Bonchev–Trinajstić information content (AvgIpc) is 2.31. The van der Waals surface area contributed by atoms with Gasteiger partial charge in [0.25, 0.3) is 0 Å². The SMILES string of the molecule is CCN(CC(=O)O)C(=O)Nc1cccc(C)c1C. The zero-order chi connectivity index (χ0) is 13.7. The van der Waals surface area contributed by atoms with E-state index in [-0.39, 0.29) is 6.54 Å². The number of nitrogens with one attached hydrogen (secondary N) is 1. The zero-order valence-electron chi connectivity index (χ0n) is 10.9. The summed E-state index contributed by atoms with van der Waals surface area (Å²) in [7, 11) is 0. The van der Waals surface area contributed by atoms with Gasteiger partial charge in [0.05, 0.1) is 0 Å². The number of aliphatic carboxylic acids is 1. The van der Waals surface area contributed by atoms with Gasteiger partial charge in [0.15, 0.2) is 0 Å². The molecule has 0 aliphatic heterocycles. The van der Waals surface area contributed by atoms with Gasteiger partial charge >= 0.3 is 12.0 Å². The molecule has 98 valence electrons. The lowest BCUT2D eigenvalue weighted by Gasteiger charge is -2.20. The molecular formula is C13H18N2O3. The van der Waals surface area contributed by atoms with Crippen LogP contribution < -0.4 is 5.32 Å². The number of urea groups is 1. The Kier molecular flexibility index (Phi) is 4.71. The van der Waals surface area contributed by atoms with Crippen molar-refractivity contribution in [1.29, 1.82) is 0 Å². The van der Waals surface area contributed by atoms with E-state index in [9.17, 15) is 9.59 Å².